The van der Waals surface area contributed by atoms with E-state index in [2.05, 4.69) is 31.1 Å². The lowest BCUT2D eigenvalue weighted by Crippen LogP contribution is -2.14. The van der Waals surface area contributed by atoms with E-state index in [4.69, 9.17) is 11.6 Å². The van der Waals surface area contributed by atoms with Gasteiger partial charge >= 0.3 is 0 Å². The van der Waals surface area contributed by atoms with Gasteiger partial charge in [0.05, 0.1) is 5.69 Å². The van der Waals surface area contributed by atoms with E-state index in [1.54, 1.807) is 12.3 Å². The molecular weight excluding hydrogens is 468 g/mol. The summed E-state index contributed by atoms with van der Waals surface area (Å²) < 4.78 is 0. The van der Waals surface area contributed by atoms with Crippen LogP contribution in [0.4, 0.5) is 11.4 Å². The zero-order valence-electron chi connectivity index (χ0n) is 20.6. The van der Waals surface area contributed by atoms with Gasteiger partial charge in [-0.2, -0.15) is 0 Å². The SMILES string of the molecule is CC(C)(C)c1ccc(C(=O)Nc2ccc(N=Cc3cc(Cc4ccccc4Cl)ccc3O)cc2)cc1. The summed E-state index contributed by atoms with van der Waals surface area (Å²) in [5, 5.41) is 13.9. The van der Waals surface area contributed by atoms with E-state index >= 15 is 0 Å². The van der Waals surface area contributed by atoms with Crippen LogP contribution >= 0.6 is 11.6 Å². The molecule has 4 aromatic carbocycles. The number of hydrogen-bond acceptors (Lipinski definition) is 3. The Hall–Kier alpha value is -3.89. The van der Waals surface area contributed by atoms with Crippen molar-refractivity contribution in [2.24, 2.45) is 4.99 Å². The average Bonchev–Trinajstić information content (AvgIpc) is 2.86. The van der Waals surface area contributed by atoms with Gasteiger partial charge in [-0.05, 0) is 83.1 Å². The second kappa shape index (κ2) is 10.8. The normalized spacial score (nSPS) is 11.6. The number of carbonyl (C=O) groups excluding carboxylic acids is 1. The Morgan fingerprint density at radius 1 is 0.944 bits per heavy atom. The minimum absolute atomic E-state index is 0.0408. The number of benzene rings is 4. The van der Waals surface area contributed by atoms with Gasteiger partial charge in [-0.25, -0.2) is 0 Å². The van der Waals surface area contributed by atoms with Gasteiger partial charge in [0.15, 0.2) is 0 Å². The van der Waals surface area contributed by atoms with Crippen molar-refractivity contribution in [1.29, 1.82) is 0 Å². The lowest BCUT2D eigenvalue weighted by molar-refractivity contribution is 0.102. The Morgan fingerprint density at radius 2 is 1.64 bits per heavy atom. The molecule has 4 aromatic rings. The molecule has 0 radical (unpaired) electrons. The summed E-state index contributed by atoms with van der Waals surface area (Å²) in [6, 6.07) is 28.1. The maximum absolute atomic E-state index is 12.6. The molecule has 0 unspecified atom stereocenters. The molecule has 0 spiro atoms. The van der Waals surface area contributed by atoms with E-state index < -0.39 is 0 Å². The Labute approximate surface area is 217 Å². The second-order valence-electron chi connectivity index (χ2n) is 9.75. The van der Waals surface area contributed by atoms with E-state index in [1.165, 1.54) is 5.56 Å². The molecule has 4 rings (SSSR count). The van der Waals surface area contributed by atoms with E-state index in [0.717, 1.165) is 16.1 Å². The number of aliphatic imine (C=N–C) groups is 1. The highest BCUT2D eigenvalue weighted by Gasteiger charge is 2.14. The van der Waals surface area contributed by atoms with Crippen LogP contribution in [-0.2, 0) is 11.8 Å². The van der Waals surface area contributed by atoms with Crippen LogP contribution in [0, 0.1) is 0 Å². The van der Waals surface area contributed by atoms with Crippen LogP contribution in [0.1, 0.15) is 53.4 Å². The summed E-state index contributed by atoms with van der Waals surface area (Å²) in [5.41, 5.74) is 5.89. The molecular formula is C31H29ClN2O2. The number of hydrogen-bond donors (Lipinski definition) is 2. The fourth-order valence-electron chi connectivity index (χ4n) is 3.78. The predicted molar refractivity (Wildman–Crippen MR) is 149 cm³/mol. The third-order valence-electron chi connectivity index (χ3n) is 5.94. The van der Waals surface area contributed by atoms with Gasteiger partial charge in [0.2, 0.25) is 0 Å². The van der Waals surface area contributed by atoms with Crippen LogP contribution in [0.25, 0.3) is 0 Å². The van der Waals surface area contributed by atoms with Crippen molar-refractivity contribution in [3.05, 3.63) is 124 Å². The largest absolute Gasteiger partial charge is 0.507 e. The van der Waals surface area contributed by atoms with Crippen LogP contribution in [0.2, 0.25) is 5.02 Å². The van der Waals surface area contributed by atoms with Gasteiger partial charge in [0.1, 0.15) is 5.75 Å². The molecule has 0 saturated heterocycles. The van der Waals surface area contributed by atoms with Crippen molar-refractivity contribution in [2.75, 3.05) is 5.32 Å². The molecule has 0 bridgehead atoms. The lowest BCUT2D eigenvalue weighted by Gasteiger charge is -2.19. The molecule has 0 aliphatic carbocycles. The maximum atomic E-state index is 12.6. The third kappa shape index (κ3) is 6.41. The topological polar surface area (TPSA) is 61.7 Å². The second-order valence-corrected chi connectivity index (χ2v) is 10.2. The summed E-state index contributed by atoms with van der Waals surface area (Å²) in [6.45, 7) is 6.43. The maximum Gasteiger partial charge on any atom is 0.255 e. The number of aromatic hydroxyl groups is 1. The monoisotopic (exact) mass is 496 g/mol. The molecule has 0 aliphatic heterocycles. The number of anilines is 1. The number of nitrogens with one attached hydrogen (secondary N) is 1. The van der Waals surface area contributed by atoms with Gasteiger partial charge < -0.3 is 10.4 Å². The number of halogens is 1. The fraction of sp³-hybridized carbons (Fsp3) is 0.161. The highest BCUT2D eigenvalue weighted by atomic mass is 35.5. The Kier molecular flexibility index (Phi) is 7.56. The number of nitrogens with zero attached hydrogens (tertiary/aromatic N) is 1. The predicted octanol–water partition coefficient (Wildman–Crippen LogP) is 7.94. The highest BCUT2D eigenvalue weighted by molar-refractivity contribution is 6.31. The van der Waals surface area contributed by atoms with E-state index in [1.807, 2.05) is 84.9 Å². The first-order valence-corrected chi connectivity index (χ1v) is 12.2. The molecule has 36 heavy (non-hydrogen) atoms. The van der Waals surface area contributed by atoms with Crippen molar-refractivity contribution in [2.45, 2.75) is 32.6 Å². The van der Waals surface area contributed by atoms with E-state index in [0.29, 0.717) is 28.9 Å². The minimum atomic E-state index is -0.160. The van der Waals surface area contributed by atoms with Crippen LogP contribution in [0.3, 0.4) is 0 Å². The summed E-state index contributed by atoms with van der Waals surface area (Å²) >= 11 is 6.29. The van der Waals surface area contributed by atoms with E-state index in [9.17, 15) is 9.90 Å². The first-order chi connectivity index (χ1) is 17.2. The molecule has 0 saturated carbocycles. The highest BCUT2D eigenvalue weighted by Crippen LogP contribution is 2.25. The third-order valence-corrected chi connectivity index (χ3v) is 6.30. The molecule has 0 atom stereocenters. The van der Waals surface area contributed by atoms with Gasteiger partial charge in [0, 0.05) is 28.1 Å². The smallest absolute Gasteiger partial charge is 0.255 e. The number of amides is 1. The Morgan fingerprint density at radius 3 is 2.31 bits per heavy atom. The van der Waals surface area contributed by atoms with Gasteiger partial charge in [-0.3, -0.25) is 9.79 Å². The molecule has 5 heteroatoms. The van der Waals surface area contributed by atoms with Gasteiger partial charge in [-0.1, -0.05) is 68.8 Å². The van der Waals surface area contributed by atoms with Crippen molar-refractivity contribution >= 4 is 35.1 Å². The van der Waals surface area contributed by atoms with Gasteiger partial charge in [0.25, 0.3) is 5.91 Å². The summed E-state index contributed by atoms with van der Waals surface area (Å²) in [7, 11) is 0. The molecule has 0 fully saturated rings. The molecule has 4 nitrogen and oxygen atoms in total. The minimum Gasteiger partial charge on any atom is -0.507 e. The van der Waals surface area contributed by atoms with E-state index in [-0.39, 0.29) is 17.1 Å². The van der Waals surface area contributed by atoms with Crippen molar-refractivity contribution in [3.8, 4) is 5.75 Å². The lowest BCUT2D eigenvalue weighted by atomic mass is 9.87. The number of carbonyl (C=O) groups is 1. The van der Waals surface area contributed by atoms with Crippen molar-refractivity contribution in [3.63, 3.8) is 0 Å². The first kappa shape index (κ1) is 25.2. The fourth-order valence-corrected chi connectivity index (χ4v) is 3.98. The summed E-state index contributed by atoms with van der Waals surface area (Å²) in [5.74, 6) is -0.00464. The zero-order chi connectivity index (χ0) is 25.7. The zero-order valence-corrected chi connectivity index (χ0v) is 21.4. The molecule has 0 aliphatic rings. The summed E-state index contributed by atoms with van der Waals surface area (Å²) in [4.78, 5) is 17.1. The standard InChI is InChI=1S/C31H29ClN2O2/c1-31(2,3)25-11-9-22(10-12-25)30(36)34-27-15-13-26(14-16-27)33-20-24-19-21(8-17-29(24)35)18-23-6-4-5-7-28(23)32/h4-17,19-20,35H,18H2,1-3H3,(H,34,36). The van der Waals surface area contributed by atoms with Crippen LogP contribution in [-0.4, -0.2) is 17.2 Å². The summed E-state index contributed by atoms with van der Waals surface area (Å²) in [6.07, 6.45) is 2.30. The first-order valence-electron chi connectivity index (χ1n) is 11.8. The van der Waals surface area contributed by atoms with Gasteiger partial charge in [-0.15, -0.1) is 0 Å². The quantitative estimate of drug-likeness (QED) is 0.266. The molecule has 0 aromatic heterocycles. The van der Waals surface area contributed by atoms with Crippen molar-refractivity contribution < 1.29 is 9.90 Å². The van der Waals surface area contributed by atoms with Crippen LogP contribution < -0.4 is 5.32 Å². The van der Waals surface area contributed by atoms with Crippen LogP contribution in [0.15, 0.2) is 96.0 Å². The van der Waals surface area contributed by atoms with Crippen molar-refractivity contribution in [1.82, 2.24) is 0 Å². The average molecular weight is 497 g/mol. The number of rotatable bonds is 6. The Balaban J connectivity index is 1.41. The Bertz CT molecular complexity index is 1390. The van der Waals surface area contributed by atoms with Crippen LogP contribution in [0.5, 0.6) is 5.75 Å². The number of phenolic OH excluding ortho intramolecular Hbond substituents is 1. The molecule has 0 heterocycles. The number of phenols is 1. The molecule has 1 amide bonds. The molecule has 182 valence electrons. The molecule has 2 N–H and O–H groups in total.